The van der Waals surface area contributed by atoms with Gasteiger partial charge >= 0.3 is 0 Å². The lowest BCUT2D eigenvalue weighted by Gasteiger charge is -2.13. The smallest absolute Gasteiger partial charge is 0.241 e. The van der Waals surface area contributed by atoms with Crippen LogP contribution in [0, 0.1) is 13.8 Å². The van der Waals surface area contributed by atoms with Crippen LogP contribution in [-0.2, 0) is 4.79 Å². The van der Waals surface area contributed by atoms with Gasteiger partial charge in [0.25, 0.3) is 0 Å². The van der Waals surface area contributed by atoms with E-state index in [1.54, 1.807) is 12.3 Å². The van der Waals surface area contributed by atoms with E-state index < -0.39 is 6.04 Å². The number of hydrogen-bond acceptors (Lipinski definition) is 4. The minimum absolute atomic E-state index is 0. The van der Waals surface area contributed by atoms with Crippen molar-refractivity contribution >= 4 is 36.4 Å². The number of carbonyl (C=O) groups excluding carboxylic acids is 1. The summed E-state index contributed by atoms with van der Waals surface area (Å²) in [6, 6.07) is 8.79. The first kappa shape index (κ1) is 23.2. The molecule has 0 bridgehead atoms. The maximum Gasteiger partial charge on any atom is 0.241 e. The second-order valence-electron chi connectivity index (χ2n) is 5.64. The number of rotatable bonds is 6. The summed E-state index contributed by atoms with van der Waals surface area (Å²) in [5.41, 5.74) is 8.53. The maximum atomic E-state index is 12.0. The van der Waals surface area contributed by atoms with Gasteiger partial charge < -0.3 is 15.8 Å². The zero-order valence-electron chi connectivity index (χ0n) is 14.6. The Bertz CT molecular complexity index is 696. The molecule has 0 fully saturated rings. The molecule has 0 aliphatic carbocycles. The molecule has 138 valence electrons. The number of halogens is 2. The Morgan fingerprint density at radius 2 is 1.96 bits per heavy atom. The van der Waals surface area contributed by atoms with Crippen molar-refractivity contribution in [3.05, 3.63) is 47.7 Å². The van der Waals surface area contributed by atoms with Crippen molar-refractivity contribution in [2.75, 3.05) is 5.32 Å². The number of pyridine rings is 1. The average Bonchev–Trinajstić information content (AvgIpc) is 2.51. The van der Waals surface area contributed by atoms with Crippen LogP contribution in [0.4, 0.5) is 5.69 Å². The fourth-order valence-corrected chi connectivity index (χ4v) is 2.14. The molecular weight excluding hydrogens is 361 g/mol. The molecule has 3 N–H and O–H groups in total. The molecule has 5 nitrogen and oxygen atoms in total. The minimum Gasteiger partial charge on any atom is -0.439 e. The summed E-state index contributed by atoms with van der Waals surface area (Å²) in [6.45, 7) is 5.92. The van der Waals surface area contributed by atoms with Gasteiger partial charge in [-0.1, -0.05) is 19.4 Å². The molecule has 1 heterocycles. The van der Waals surface area contributed by atoms with Crippen LogP contribution in [0.2, 0.25) is 0 Å². The lowest BCUT2D eigenvalue weighted by Crippen LogP contribution is -2.35. The summed E-state index contributed by atoms with van der Waals surface area (Å²) in [5.74, 6) is 1.000. The SMILES string of the molecule is CCCC(N)C(=O)Nc1ccc(C)c(Oc2cc(C)ccn2)c1.Cl.Cl. The highest BCUT2D eigenvalue weighted by atomic mass is 35.5. The van der Waals surface area contributed by atoms with Crippen molar-refractivity contribution in [2.24, 2.45) is 5.73 Å². The Hall–Kier alpha value is -1.82. The van der Waals surface area contributed by atoms with Gasteiger partial charge in [0, 0.05) is 24.0 Å². The van der Waals surface area contributed by atoms with Crippen molar-refractivity contribution in [1.82, 2.24) is 4.98 Å². The van der Waals surface area contributed by atoms with E-state index in [4.69, 9.17) is 10.5 Å². The molecule has 1 amide bonds. The van der Waals surface area contributed by atoms with Crippen LogP contribution < -0.4 is 15.8 Å². The van der Waals surface area contributed by atoms with Crippen LogP contribution in [0.15, 0.2) is 36.5 Å². The van der Waals surface area contributed by atoms with Gasteiger partial charge in [-0.2, -0.15) is 0 Å². The standard InChI is InChI=1S/C18H23N3O2.2ClH/c1-4-5-15(19)18(22)21-14-7-6-13(3)16(11-14)23-17-10-12(2)8-9-20-17;;/h6-11,15H,4-5,19H2,1-3H3,(H,21,22);2*1H. The number of nitrogens with one attached hydrogen (secondary N) is 1. The van der Waals surface area contributed by atoms with Crippen LogP contribution in [-0.4, -0.2) is 16.9 Å². The zero-order chi connectivity index (χ0) is 16.8. The molecule has 7 heteroatoms. The average molecular weight is 386 g/mol. The van der Waals surface area contributed by atoms with E-state index >= 15 is 0 Å². The molecule has 0 spiro atoms. The molecule has 1 unspecified atom stereocenters. The molecule has 0 saturated heterocycles. The molecule has 2 aromatic rings. The molecule has 2 rings (SSSR count). The largest absolute Gasteiger partial charge is 0.439 e. The lowest BCUT2D eigenvalue weighted by atomic mass is 10.1. The van der Waals surface area contributed by atoms with Gasteiger partial charge in [0.2, 0.25) is 11.8 Å². The number of nitrogens with zero attached hydrogens (tertiary/aromatic N) is 1. The number of carbonyl (C=O) groups is 1. The van der Waals surface area contributed by atoms with Crippen LogP contribution >= 0.6 is 24.8 Å². The Morgan fingerprint density at radius 3 is 2.60 bits per heavy atom. The maximum absolute atomic E-state index is 12.0. The summed E-state index contributed by atoms with van der Waals surface area (Å²) in [4.78, 5) is 16.2. The van der Waals surface area contributed by atoms with Crippen LogP contribution in [0.25, 0.3) is 0 Å². The molecular formula is C18H25Cl2N3O2. The molecule has 0 aliphatic heterocycles. The number of hydrogen-bond donors (Lipinski definition) is 2. The zero-order valence-corrected chi connectivity index (χ0v) is 16.2. The monoisotopic (exact) mass is 385 g/mol. The lowest BCUT2D eigenvalue weighted by molar-refractivity contribution is -0.117. The predicted molar refractivity (Wildman–Crippen MR) is 106 cm³/mol. The molecule has 25 heavy (non-hydrogen) atoms. The number of amides is 1. The van der Waals surface area contributed by atoms with Gasteiger partial charge in [0.1, 0.15) is 5.75 Å². The van der Waals surface area contributed by atoms with E-state index in [9.17, 15) is 4.79 Å². The van der Waals surface area contributed by atoms with E-state index in [0.717, 1.165) is 17.5 Å². The Kier molecular flexibility index (Phi) is 10.1. The number of aromatic nitrogens is 1. The normalized spacial score (nSPS) is 10.9. The van der Waals surface area contributed by atoms with Gasteiger partial charge in [-0.25, -0.2) is 4.98 Å². The van der Waals surface area contributed by atoms with E-state index in [-0.39, 0.29) is 30.7 Å². The second-order valence-corrected chi connectivity index (χ2v) is 5.64. The number of benzene rings is 1. The predicted octanol–water partition coefficient (Wildman–Crippen LogP) is 4.40. The second kappa shape index (κ2) is 10.9. The third-order valence-electron chi connectivity index (χ3n) is 3.50. The van der Waals surface area contributed by atoms with Crippen molar-refractivity contribution in [1.29, 1.82) is 0 Å². The van der Waals surface area contributed by atoms with E-state index in [0.29, 0.717) is 23.7 Å². The van der Waals surface area contributed by atoms with Gasteiger partial charge in [-0.3, -0.25) is 4.79 Å². The van der Waals surface area contributed by atoms with Gasteiger partial charge in [0.05, 0.1) is 6.04 Å². The topological polar surface area (TPSA) is 77.2 Å². The first-order valence-electron chi connectivity index (χ1n) is 7.77. The highest BCUT2D eigenvalue weighted by molar-refractivity contribution is 5.94. The first-order valence-corrected chi connectivity index (χ1v) is 7.77. The summed E-state index contributed by atoms with van der Waals surface area (Å²) < 4.78 is 5.83. The highest BCUT2D eigenvalue weighted by Gasteiger charge is 2.13. The van der Waals surface area contributed by atoms with Gasteiger partial charge in [-0.05, 0) is 43.5 Å². The van der Waals surface area contributed by atoms with Crippen molar-refractivity contribution < 1.29 is 9.53 Å². The highest BCUT2D eigenvalue weighted by Crippen LogP contribution is 2.27. The first-order chi connectivity index (χ1) is 11.0. The van der Waals surface area contributed by atoms with Crippen molar-refractivity contribution in [3.8, 4) is 11.6 Å². The van der Waals surface area contributed by atoms with Crippen molar-refractivity contribution in [2.45, 2.75) is 39.7 Å². The third kappa shape index (κ3) is 6.90. The molecule has 0 radical (unpaired) electrons. The number of nitrogens with two attached hydrogens (primary N) is 1. The van der Waals surface area contributed by atoms with Crippen LogP contribution in [0.3, 0.4) is 0 Å². The summed E-state index contributed by atoms with van der Waals surface area (Å²) in [6.07, 6.45) is 3.24. The number of anilines is 1. The van der Waals surface area contributed by atoms with Crippen molar-refractivity contribution in [3.63, 3.8) is 0 Å². The molecule has 0 aliphatic rings. The van der Waals surface area contributed by atoms with E-state index in [2.05, 4.69) is 10.3 Å². The number of ether oxygens (including phenoxy) is 1. The Morgan fingerprint density at radius 1 is 1.24 bits per heavy atom. The molecule has 1 aromatic carbocycles. The van der Waals surface area contributed by atoms with Gasteiger partial charge in [-0.15, -0.1) is 24.8 Å². The fourth-order valence-electron chi connectivity index (χ4n) is 2.14. The summed E-state index contributed by atoms with van der Waals surface area (Å²) >= 11 is 0. The third-order valence-corrected chi connectivity index (χ3v) is 3.50. The fraction of sp³-hybridized carbons (Fsp3) is 0.333. The number of aryl methyl sites for hydroxylation is 2. The summed E-state index contributed by atoms with van der Waals surface area (Å²) in [7, 11) is 0. The minimum atomic E-state index is -0.496. The van der Waals surface area contributed by atoms with Crippen LogP contribution in [0.1, 0.15) is 30.9 Å². The molecule has 0 saturated carbocycles. The Balaban J connectivity index is 0.00000288. The van der Waals surface area contributed by atoms with E-state index in [1.807, 2.05) is 45.0 Å². The molecule has 1 atom stereocenters. The summed E-state index contributed by atoms with van der Waals surface area (Å²) in [5, 5.41) is 2.83. The van der Waals surface area contributed by atoms with Gasteiger partial charge in [0.15, 0.2) is 0 Å². The van der Waals surface area contributed by atoms with E-state index in [1.165, 1.54) is 0 Å². The quantitative estimate of drug-likeness (QED) is 0.772. The molecule has 1 aromatic heterocycles. The Labute approximate surface area is 161 Å². The van der Waals surface area contributed by atoms with Crippen LogP contribution in [0.5, 0.6) is 11.6 Å².